The summed E-state index contributed by atoms with van der Waals surface area (Å²) in [5.41, 5.74) is 1.91. The van der Waals surface area contributed by atoms with Crippen LogP contribution in [0.15, 0.2) is 59.5 Å². The van der Waals surface area contributed by atoms with Gasteiger partial charge in [-0.3, -0.25) is 4.79 Å². The number of Topliss-reactive ketones (excluding diaryl/α,β-unsaturated/α-hetero) is 1. The van der Waals surface area contributed by atoms with Gasteiger partial charge in [-0.25, -0.2) is 0 Å². The Morgan fingerprint density at radius 2 is 1.78 bits per heavy atom. The lowest BCUT2D eigenvalue weighted by Gasteiger charge is -2.24. The molecule has 3 rings (SSSR count). The van der Waals surface area contributed by atoms with Gasteiger partial charge in [0.05, 0.1) is 5.25 Å². The second-order valence-electron chi connectivity index (χ2n) is 4.21. The summed E-state index contributed by atoms with van der Waals surface area (Å²) < 4.78 is 0. The first-order chi connectivity index (χ1) is 8.84. The Labute approximate surface area is 110 Å². The summed E-state index contributed by atoms with van der Waals surface area (Å²) in [6, 6.07) is 17.6. The molecule has 0 bridgehead atoms. The number of fused-ring (bicyclic) bond motifs is 1. The molecule has 3 heteroatoms. The zero-order valence-corrected chi connectivity index (χ0v) is 10.6. The molecule has 1 atom stereocenters. The molecule has 0 aromatic heterocycles. The summed E-state index contributed by atoms with van der Waals surface area (Å²) in [7, 11) is 0. The van der Waals surface area contributed by atoms with Crippen molar-refractivity contribution in [3.8, 4) is 0 Å². The lowest BCUT2D eigenvalue weighted by atomic mass is 10.1. The van der Waals surface area contributed by atoms with Gasteiger partial charge < -0.3 is 5.32 Å². The maximum absolute atomic E-state index is 12.3. The van der Waals surface area contributed by atoms with Crippen molar-refractivity contribution in [2.45, 2.75) is 10.1 Å². The van der Waals surface area contributed by atoms with E-state index in [0.29, 0.717) is 6.54 Å². The van der Waals surface area contributed by atoms with E-state index in [-0.39, 0.29) is 11.0 Å². The SMILES string of the molecule is O=C(c1ccccc1)C1CNc2ccccc2S1. The summed E-state index contributed by atoms with van der Waals surface area (Å²) in [6.07, 6.45) is 0. The van der Waals surface area contributed by atoms with Crippen molar-refractivity contribution in [1.29, 1.82) is 0 Å². The number of ketones is 1. The molecular formula is C15H13NOS. The van der Waals surface area contributed by atoms with Gasteiger partial charge in [-0.15, -0.1) is 11.8 Å². The van der Waals surface area contributed by atoms with Crippen LogP contribution in [-0.4, -0.2) is 17.6 Å². The Balaban J connectivity index is 1.82. The number of para-hydroxylation sites is 1. The highest BCUT2D eigenvalue weighted by Gasteiger charge is 2.25. The van der Waals surface area contributed by atoms with E-state index in [4.69, 9.17) is 0 Å². The van der Waals surface area contributed by atoms with Crippen molar-refractivity contribution >= 4 is 23.2 Å². The average molecular weight is 255 g/mol. The van der Waals surface area contributed by atoms with Gasteiger partial charge in [0.2, 0.25) is 0 Å². The fraction of sp³-hybridized carbons (Fsp3) is 0.133. The van der Waals surface area contributed by atoms with Crippen molar-refractivity contribution in [2.75, 3.05) is 11.9 Å². The second-order valence-corrected chi connectivity index (χ2v) is 5.46. The highest BCUT2D eigenvalue weighted by molar-refractivity contribution is 8.01. The molecule has 1 aliphatic heterocycles. The van der Waals surface area contributed by atoms with Crippen LogP contribution in [0.5, 0.6) is 0 Å². The van der Waals surface area contributed by atoms with Crippen LogP contribution in [0.2, 0.25) is 0 Å². The van der Waals surface area contributed by atoms with Gasteiger partial charge in [-0.2, -0.15) is 0 Å². The van der Waals surface area contributed by atoms with Crippen LogP contribution >= 0.6 is 11.8 Å². The Morgan fingerprint density at radius 3 is 2.61 bits per heavy atom. The molecule has 0 saturated heterocycles. The molecule has 2 aromatic carbocycles. The lowest BCUT2D eigenvalue weighted by Crippen LogP contribution is -2.29. The predicted octanol–water partition coefficient (Wildman–Crippen LogP) is 3.46. The summed E-state index contributed by atoms with van der Waals surface area (Å²) in [5.74, 6) is 0.197. The smallest absolute Gasteiger partial charge is 0.177 e. The third kappa shape index (κ3) is 2.14. The van der Waals surface area contributed by atoms with Crippen LogP contribution in [0.3, 0.4) is 0 Å². The number of hydrogen-bond acceptors (Lipinski definition) is 3. The minimum atomic E-state index is -0.0395. The number of nitrogens with one attached hydrogen (secondary N) is 1. The van der Waals surface area contributed by atoms with Crippen molar-refractivity contribution in [3.63, 3.8) is 0 Å². The number of hydrogen-bond donors (Lipinski definition) is 1. The van der Waals surface area contributed by atoms with Crippen molar-refractivity contribution in [3.05, 3.63) is 60.2 Å². The van der Waals surface area contributed by atoms with Gasteiger partial charge in [-0.05, 0) is 12.1 Å². The minimum Gasteiger partial charge on any atom is -0.383 e. The molecule has 1 N–H and O–H groups in total. The zero-order chi connectivity index (χ0) is 12.4. The average Bonchev–Trinajstić information content (AvgIpc) is 2.47. The van der Waals surface area contributed by atoms with E-state index in [1.807, 2.05) is 48.5 Å². The number of rotatable bonds is 2. The fourth-order valence-electron chi connectivity index (χ4n) is 2.05. The molecule has 1 heterocycles. The molecule has 90 valence electrons. The molecule has 0 radical (unpaired) electrons. The van der Waals surface area contributed by atoms with Gasteiger partial charge in [-0.1, -0.05) is 42.5 Å². The molecule has 0 aliphatic carbocycles. The third-order valence-corrected chi connectivity index (χ3v) is 4.26. The van der Waals surface area contributed by atoms with Gasteiger partial charge in [0.25, 0.3) is 0 Å². The number of carbonyl (C=O) groups excluding carboxylic acids is 1. The van der Waals surface area contributed by atoms with E-state index in [2.05, 4.69) is 11.4 Å². The van der Waals surface area contributed by atoms with E-state index in [9.17, 15) is 4.79 Å². The normalized spacial score (nSPS) is 17.7. The molecular weight excluding hydrogens is 242 g/mol. The highest BCUT2D eigenvalue weighted by atomic mass is 32.2. The monoisotopic (exact) mass is 255 g/mol. The van der Waals surface area contributed by atoms with Gasteiger partial charge >= 0.3 is 0 Å². The van der Waals surface area contributed by atoms with Gasteiger partial charge in [0.1, 0.15) is 0 Å². The lowest BCUT2D eigenvalue weighted by molar-refractivity contribution is 0.0992. The maximum Gasteiger partial charge on any atom is 0.177 e. The van der Waals surface area contributed by atoms with Gasteiger partial charge in [0.15, 0.2) is 5.78 Å². The first-order valence-corrected chi connectivity index (χ1v) is 6.81. The summed E-state index contributed by atoms with van der Waals surface area (Å²) >= 11 is 1.65. The van der Waals surface area contributed by atoms with Crippen molar-refractivity contribution in [2.24, 2.45) is 0 Å². The van der Waals surface area contributed by atoms with E-state index >= 15 is 0 Å². The molecule has 0 fully saturated rings. The zero-order valence-electron chi connectivity index (χ0n) is 9.80. The molecule has 1 aliphatic rings. The molecule has 0 amide bonds. The van der Waals surface area contributed by atoms with E-state index in [1.54, 1.807) is 11.8 Å². The number of thioether (sulfide) groups is 1. The van der Waals surface area contributed by atoms with Crippen LogP contribution in [0.25, 0.3) is 0 Å². The van der Waals surface area contributed by atoms with E-state index < -0.39 is 0 Å². The Bertz CT molecular complexity index is 568. The fourth-order valence-corrected chi connectivity index (χ4v) is 3.19. The predicted molar refractivity (Wildman–Crippen MR) is 75.3 cm³/mol. The number of anilines is 1. The number of benzene rings is 2. The largest absolute Gasteiger partial charge is 0.383 e. The van der Waals surface area contributed by atoms with Crippen molar-refractivity contribution < 1.29 is 4.79 Å². The quantitative estimate of drug-likeness (QED) is 0.833. The molecule has 1 unspecified atom stereocenters. The van der Waals surface area contributed by atoms with Crippen LogP contribution in [-0.2, 0) is 0 Å². The molecule has 18 heavy (non-hydrogen) atoms. The summed E-state index contributed by atoms with van der Waals surface area (Å²) in [6.45, 7) is 0.690. The minimum absolute atomic E-state index is 0.0395. The first kappa shape index (κ1) is 11.4. The van der Waals surface area contributed by atoms with Crippen LogP contribution < -0.4 is 5.32 Å². The molecule has 0 spiro atoms. The Morgan fingerprint density at radius 1 is 1.06 bits per heavy atom. The summed E-state index contributed by atoms with van der Waals surface area (Å²) in [4.78, 5) is 13.5. The standard InChI is InChI=1S/C15H13NOS/c17-15(11-6-2-1-3-7-11)14-10-16-12-8-4-5-9-13(12)18-14/h1-9,14,16H,10H2. The van der Waals surface area contributed by atoms with Crippen LogP contribution in [0.1, 0.15) is 10.4 Å². The Kier molecular flexibility index (Phi) is 3.07. The topological polar surface area (TPSA) is 29.1 Å². The van der Waals surface area contributed by atoms with Crippen LogP contribution in [0, 0.1) is 0 Å². The second kappa shape index (κ2) is 4.86. The summed E-state index contributed by atoms with van der Waals surface area (Å²) in [5, 5.41) is 3.28. The van der Waals surface area contributed by atoms with E-state index in [1.165, 1.54) is 0 Å². The highest BCUT2D eigenvalue weighted by Crippen LogP contribution is 2.35. The molecule has 2 aromatic rings. The molecule has 2 nitrogen and oxygen atoms in total. The van der Waals surface area contributed by atoms with Gasteiger partial charge in [0, 0.05) is 22.7 Å². The number of carbonyl (C=O) groups is 1. The first-order valence-electron chi connectivity index (χ1n) is 5.93. The Hall–Kier alpha value is -1.74. The van der Waals surface area contributed by atoms with E-state index in [0.717, 1.165) is 16.1 Å². The maximum atomic E-state index is 12.3. The van der Waals surface area contributed by atoms with Crippen molar-refractivity contribution in [1.82, 2.24) is 0 Å². The van der Waals surface area contributed by atoms with Crippen LogP contribution in [0.4, 0.5) is 5.69 Å². The third-order valence-electron chi connectivity index (χ3n) is 2.98. The molecule has 0 saturated carbocycles.